The molecule has 0 saturated heterocycles. The van der Waals surface area contributed by atoms with Crippen LogP contribution in [0.5, 0.6) is 0 Å². The van der Waals surface area contributed by atoms with Crippen LogP contribution in [0.4, 0.5) is 0 Å². The van der Waals surface area contributed by atoms with E-state index in [4.69, 9.17) is 4.74 Å². The highest BCUT2D eigenvalue weighted by molar-refractivity contribution is 5.89. The van der Waals surface area contributed by atoms with E-state index in [-0.39, 0.29) is 12.1 Å². The van der Waals surface area contributed by atoms with Crippen molar-refractivity contribution in [2.75, 3.05) is 0 Å². The van der Waals surface area contributed by atoms with Crippen molar-refractivity contribution >= 4 is 5.97 Å². The fraction of sp³-hybridized carbons (Fsp3) is 0.588. The predicted octanol–water partition coefficient (Wildman–Crippen LogP) is 3.67. The zero-order valence-corrected chi connectivity index (χ0v) is 11.1. The standard InChI is InChI=1S/C17H20O2/c18-17(13-4-2-1-3-5-13)19-16-14-7-11-6-12(9-14)10-15(16)8-11/h1-5,11-12,14-16H,6-10H2. The summed E-state index contributed by atoms with van der Waals surface area (Å²) >= 11 is 0. The van der Waals surface area contributed by atoms with Crippen LogP contribution >= 0.6 is 0 Å². The van der Waals surface area contributed by atoms with Crippen LogP contribution in [0.1, 0.15) is 42.5 Å². The van der Waals surface area contributed by atoms with E-state index in [1.807, 2.05) is 30.3 Å². The lowest BCUT2D eigenvalue weighted by molar-refractivity contribution is -0.101. The molecule has 0 atom stereocenters. The van der Waals surface area contributed by atoms with Crippen LogP contribution in [0, 0.1) is 23.7 Å². The number of rotatable bonds is 2. The van der Waals surface area contributed by atoms with Gasteiger partial charge in [0.15, 0.2) is 0 Å². The molecular formula is C17H20O2. The van der Waals surface area contributed by atoms with Crippen molar-refractivity contribution in [1.29, 1.82) is 0 Å². The van der Waals surface area contributed by atoms with E-state index >= 15 is 0 Å². The minimum atomic E-state index is -0.127. The van der Waals surface area contributed by atoms with Crippen LogP contribution < -0.4 is 0 Å². The molecule has 100 valence electrons. The third-order valence-corrected chi connectivity index (χ3v) is 5.39. The molecule has 0 unspecified atom stereocenters. The van der Waals surface area contributed by atoms with Crippen molar-refractivity contribution in [3.63, 3.8) is 0 Å². The molecular weight excluding hydrogens is 236 g/mol. The normalized spacial score (nSPS) is 39.3. The largest absolute Gasteiger partial charge is 0.458 e. The lowest BCUT2D eigenvalue weighted by atomic mass is 9.55. The predicted molar refractivity (Wildman–Crippen MR) is 72.7 cm³/mol. The van der Waals surface area contributed by atoms with Gasteiger partial charge >= 0.3 is 5.97 Å². The molecule has 5 rings (SSSR count). The Bertz CT molecular complexity index is 451. The van der Waals surface area contributed by atoms with Gasteiger partial charge in [-0.2, -0.15) is 0 Å². The smallest absolute Gasteiger partial charge is 0.338 e. The first-order valence-electron chi connectivity index (χ1n) is 7.55. The number of hydrogen-bond donors (Lipinski definition) is 0. The van der Waals surface area contributed by atoms with Gasteiger partial charge in [-0.05, 0) is 67.9 Å². The van der Waals surface area contributed by atoms with E-state index in [1.54, 1.807) is 0 Å². The van der Waals surface area contributed by atoms with Gasteiger partial charge in [-0.1, -0.05) is 18.2 Å². The molecule has 4 bridgehead atoms. The zero-order chi connectivity index (χ0) is 12.8. The first-order chi connectivity index (χ1) is 9.29. The van der Waals surface area contributed by atoms with Gasteiger partial charge in [-0.15, -0.1) is 0 Å². The van der Waals surface area contributed by atoms with Crippen molar-refractivity contribution < 1.29 is 9.53 Å². The Morgan fingerprint density at radius 1 is 0.895 bits per heavy atom. The number of carbonyl (C=O) groups is 1. The Kier molecular flexibility index (Phi) is 2.64. The summed E-state index contributed by atoms with van der Waals surface area (Å²) in [7, 11) is 0. The van der Waals surface area contributed by atoms with Crippen LogP contribution in [0.15, 0.2) is 30.3 Å². The molecule has 19 heavy (non-hydrogen) atoms. The average Bonchev–Trinajstić information content (AvgIpc) is 2.43. The Morgan fingerprint density at radius 3 is 2.05 bits per heavy atom. The van der Waals surface area contributed by atoms with Gasteiger partial charge in [-0.25, -0.2) is 4.79 Å². The summed E-state index contributed by atoms with van der Waals surface area (Å²) in [5.74, 6) is 3.01. The van der Waals surface area contributed by atoms with Crippen molar-refractivity contribution in [3.8, 4) is 0 Å². The van der Waals surface area contributed by atoms with E-state index in [9.17, 15) is 4.79 Å². The summed E-state index contributed by atoms with van der Waals surface area (Å²) in [6.45, 7) is 0. The Morgan fingerprint density at radius 2 is 1.47 bits per heavy atom. The van der Waals surface area contributed by atoms with Crippen LogP contribution in [-0.4, -0.2) is 12.1 Å². The van der Waals surface area contributed by atoms with Gasteiger partial charge < -0.3 is 4.74 Å². The van der Waals surface area contributed by atoms with Crippen LogP contribution in [0.2, 0.25) is 0 Å². The third kappa shape index (κ3) is 1.98. The fourth-order valence-electron chi connectivity index (χ4n) is 4.83. The molecule has 0 amide bonds. The summed E-state index contributed by atoms with van der Waals surface area (Å²) in [6.07, 6.45) is 6.80. The second kappa shape index (κ2) is 4.36. The van der Waals surface area contributed by atoms with Crippen LogP contribution in [0.25, 0.3) is 0 Å². The molecule has 4 saturated carbocycles. The summed E-state index contributed by atoms with van der Waals surface area (Å²) in [5, 5.41) is 0. The SMILES string of the molecule is O=C(OC1C2CC3CC(C2)CC1C3)c1ccccc1. The van der Waals surface area contributed by atoms with E-state index in [1.165, 1.54) is 32.1 Å². The number of benzene rings is 1. The number of esters is 1. The number of ether oxygens (including phenoxy) is 1. The third-order valence-electron chi connectivity index (χ3n) is 5.39. The Labute approximate surface area is 114 Å². The summed E-state index contributed by atoms with van der Waals surface area (Å²) in [4.78, 5) is 12.2. The average molecular weight is 256 g/mol. The monoisotopic (exact) mass is 256 g/mol. The topological polar surface area (TPSA) is 26.3 Å². The molecule has 0 aliphatic heterocycles. The van der Waals surface area contributed by atoms with Crippen molar-refractivity contribution in [2.24, 2.45) is 23.7 Å². The van der Waals surface area contributed by atoms with Gasteiger partial charge in [0.1, 0.15) is 6.10 Å². The molecule has 0 aromatic heterocycles. The van der Waals surface area contributed by atoms with Crippen molar-refractivity contribution in [2.45, 2.75) is 38.2 Å². The van der Waals surface area contributed by atoms with Gasteiger partial charge in [0.05, 0.1) is 5.56 Å². The van der Waals surface area contributed by atoms with E-state index < -0.39 is 0 Å². The summed E-state index contributed by atoms with van der Waals surface area (Å²) < 4.78 is 5.87. The van der Waals surface area contributed by atoms with Gasteiger partial charge in [0.25, 0.3) is 0 Å². The van der Waals surface area contributed by atoms with Gasteiger partial charge in [-0.3, -0.25) is 0 Å². The molecule has 0 radical (unpaired) electrons. The minimum Gasteiger partial charge on any atom is -0.458 e. The second-order valence-electron chi connectivity index (χ2n) is 6.67. The number of carbonyl (C=O) groups excluding carboxylic acids is 1. The maximum atomic E-state index is 12.2. The molecule has 4 aliphatic rings. The molecule has 2 nitrogen and oxygen atoms in total. The first-order valence-corrected chi connectivity index (χ1v) is 7.55. The Balaban J connectivity index is 1.50. The highest BCUT2D eigenvalue weighted by Gasteiger charge is 2.49. The molecule has 0 N–H and O–H groups in total. The molecule has 4 fully saturated rings. The molecule has 4 aliphatic carbocycles. The minimum absolute atomic E-state index is 0.127. The maximum Gasteiger partial charge on any atom is 0.338 e. The van der Waals surface area contributed by atoms with Crippen molar-refractivity contribution in [3.05, 3.63) is 35.9 Å². The number of hydrogen-bond acceptors (Lipinski definition) is 2. The Hall–Kier alpha value is -1.31. The highest BCUT2D eigenvalue weighted by Crippen LogP contribution is 2.54. The molecule has 0 heterocycles. The van der Waals surface area contributed by atoms with E-state index in [0.717, 1.165) is 11.8 Å². The summed E-state index contributed by atoms with van der Waals surface area (Å²) in [5.41, 5.74) is 0.691. The first kappa shape index (κ1) is 11.5. The van der Waals surface area contributed by atoms with E-state index in [2.05, 4.69) is 0 Å². The van der Waals surface area contributed by atoms with E-state index in [0.29, 0.717) is 17.4 Å². The van der Waals surface area contributed by atoms with Crippen molar-refractivity contribution in [1.82, 2.24) is 0 Å². The molecule has 1 aromatic rings. The molecule has 2 heteroatoms. The lowest BCUT2D eigenvalue weighted by Crippen LogP contribution is -2.50. The summed E-state index contributed by atoms with van der Waals surface area (Å²) in [6, 6.07) is 9.41. The van der Waals surface area contributed by atoms with Gasteiger partial charge in [0, 0.05) is 0 Å². The van der Waals surface area contributed by atoms with Crippen LogP contribution in [-0.2, 0) is 4.74 Å². The zero-order valence-electron chi connectivity index (χ0n) is 11.1. The molecule has 1 aromatic carbocycles. The van der Waals surface area contributed by atoms with Gasteiger partial charge in [0.2, 0.25) is 0 Å². The maximum absolute atomic E-state index is 12.2. The lowest BCUT2D eigenvalue weighted by Gasteiger charge is -2.53. The highest BCUT2D eigenvalue weighted by atomic mass is 16.5. The fourth-order valence-corrected chi connectivity index (χ4v) is 4.83. The second-order valence-corrected chi connectivity index (χ2v) is 6.67. The molecule has 0 spiro atoms. The van der Waals surface area contributed by atoms with Crippen LogP contribution in [0.3, 0.4) is 0 Å². The quantitative estimate of drug-likeness (QED) is 0.755.